The van der Waals surface area contributed by atoms with Crippen molar-refractivity contribution in [2.24, 2.45) is 0 Å². The standard InChI is InChI=1S/C12H12N2O2/c1-7(15)11-9-5-4-6-10(16-3)12(9)14-8(2)13-11/h4-6H,1-3H3. The minimum Gasteiger partial charge on any atom is -0.494 e. The summed E-state index contributed by atoms with van der Waals surface area (Å²) in [7, 11) is 1.58. The first-order valence-electron chi connectivity index (χ1n) is 4.95. The molecule has 0 aliphatic carbocycles. The van der Waals surface area contributed by atoms with Crippen molar-refractivity contribution >= 4 is 16.7 Å². The second-order valence-corrected chi connectivity index (χ2v) is 3.53. The van der Waals surface area contributed by atoms with Crippen molar-refractivity contribution in [1.82, 2.24) is 9.97 Å². The Labute approximate surface area is 93.3 Å². The van der Waals surface area contributed by atoms with Gasteiger partial charge in [0, 0.05) is 12.3 Å². The lowest BCUT2D eigenvalue weighted by atomic mass is 10.1. The van der Waals surface area contributed by atoms with Crippen molar-refractivity contribution in [3.05, 3.63) is 29.7 Å². The number of fused-ring (bicyclic) bond motifs is 1. The van der Waals surface area contributed by atoms with E-state index in [1.807, 2.05) is 18.2 Å². The molecule has 0 amide bonds. The molecule has 0 aliphatic rings. The van der Waals surface area contributed by atoms with Crippen LogP contribution in [-0.4, -0.2) is 22.9 Å². The van der Waals surface area contributed by atoms with Crippen LogP contribution in [-0.2, 0) is 0 Å². The topological polar surface area (TPSA) is 52.1 Å². The van der Waals surface area contributed by atoms with E-state index in [1.54, 1.807) is 14.0 Å². The molecule has 0 unspecified atom stereocenters. The molecule has 1 heterocycles. The SMILES string of the molecule is COc1cccc2c(C(C)=O)nc(C)nc12. The number of ether oxygens (including phenoxy) is 1. The van der Waals surface area contributed by atoms with Gasteiger partial charge >= 0.3 is 0 Å². The number of hydrogen-bond acceptors (Lipinski definition) is 4. The predicted octanol–water partition coefficient (Wildman–Crippen LogP) is 2.15. The van der Waals surface area contributed by atoms with Crippen LogP contribution in [0.4, 0.5) is 0 Å². The maximum atomic E-state index is 11.5. The van der Waals surface area contributed by atoms with Crippen molar-refractivity contribution in [2.75, 3.05) is 7.11 Å². The summed E-state index contributed by atoms with van der Waals surface area (Å²) in [6.07, 6.45) is 0. The van der Waals surface area contributed by atoms with Gasteiger partial charge in [-0.3, -0.25) is 4.79 Å². The minimum atomic E-state index is -0.0660. The van der Waals surface area contributed by atoms with Crippen molar-refractivity contribution in [3.8, 4) is 5.75 Å². The molecule has 0 fully saturated rings. The van der Waals surface area contributed by atoms with Gasteiger partial charge in [-0.2, -0.15) is 0 Å². The number of nitrogens with zero attached hydrogens (tertiary/aromatic N) is 2. The first-order valence-corrected chi connectivity index (χ1v) is 4.95. The molecule has 2 aromatic rings. The smallest absolute Gasteiger partial charge is 0.178 e. The fraction of sp³-hybridized carbons (Fsp3) is 0.250. The Morgan fingerprint density at radius 1 is 1.31 bits per heavy atom. The summed E-state index contributed by atoms with van der Waals surface area (Å²) in [5.74, 6) is 1.16. The number of aryl methyl sites for hydroxylation is 1. The monoisotopic (exact) mass is 216 g/mol. The molecular weight excluding hydrogens is 204 g/mol. The molecule has 0 saturated carbocycles. The normalized spacial score (nSPS) is 10.4. The van der Waals surface area contributed by atoms with E-state index in [1.165, 1.54) is 6.92 Å². The van der Waals surface area contributed by atoms with Crippen LogP contribution < -0.4 is 4.74 Å². The molecule has 0 aliphatic heterocycles. The Bertz CT molecular complexity index is 564. The summed E-state index contributed by atoms with van der Waals surface area (Å²) in [5.41, 5.74) is 1.13. The Morgan fingerprint density at radius 3 is 2.69 bits per heavy atom. The van der Waals surface area contributed by atoms with Crippen molar-refractivity contribution in [2.45, 2.75) is 13.8 Å². The summed E-state index contributed by atoms with van der Waals surface area (Å²) >= 11 is 0. The molecule has 2 rings (SSSR count). The highest BCUT2D eigenvalue weighted by Crippen LogP contribution is 2.25. The van der Waals surface area contributed by atoms with Crippen LogP contribution in [0.1, 0.15) is 23.2 Å². The van der Waals surface area contributed by atoms with E-state index in [2.05, 4.69) is 9.97 Å². The highest BCUT2D eigenvalue weighted by molar-refractivity contribution is 6.05. The Hall–Kier alpha value is -1.97. The zero-order valence-corrected chi connectivity index (χ0v) is 9.44. The van der Waals surface area contributed by atoms with Crippen LogP contribution in [0.15, 0.2) is 18.2 Å². The number of ketones is 1. The number of hydrogen-bond donors (Lipinski definition) is 0. The number of carbonyl (C=O) groups is 1. The number of benzene rings is 1. The Balaban J connectivity index is 2.88. The predicted molar refractivity (Wildman–Crippen MR) is 60.8 cm³/mol. The third-order valence-electron chi connectivity index (χ3n) is 2.35. The van der Waals surface area contributed by atoms with Crippen LogP contribution in [0.25, 0.3) is 10.9 Å². The Kier molecular flexibility index (Phi) is 2.56. The molecule has 82 valence electrons. The molecule has 4 heteroatoms. The van der Waals surface area contributed by atoms with Gasteiger partial charge in [0.15, 0.2) is 5.78 Å². The second-order valence-electron chi connectivity index (χ2n) is 3.53. The lowest BCUT2D eigenvalue weighted by Crippen LogP contribution is -2.03. The van der Waals surface area contributed by atoms with Gasteiger partial charge in [0.25, 0.3) is 0 Å². The highest BCUT2D eigenvalue weighted by atomic mass is 16.5. The fourth-order valence-corrected chi connectivity index (χ4v) is 1.67. The molecule has 1 aromatic heterocycles. The molecule has 0 spiro atoms. The van der Waals surface area contributed by atoms with Crippen molar-refractivity contribution < 1.29 is 9.53 Å². The van der Waals surface area contributed by atoms with Crippen LogP contribution in [0.3, 0.4) is 0 Å². The number of methoxy groups -OCH3 is 1. The third-order valence-corrected chi connectivity index (χ3v) is 2.35. The zero-order valence-electron chi connectivity index (χ0n) is 9.44. The largest absolute Gasteiger partial charge is 0.494 e. The van der Waals surface area contributed by atoms with Gasteiger partial charge in [-0.15, -0.1) is 0 Å². The van der Waals surface area contributed by atoms with Crippen LogP contribution in [0.5, 0.6) is 5.75 Å². The maximum Gasteiger partial charge on any atom is 0.178 e. The van der Waals surface area contributed by atoms with Crippen LogP contribution >= 0.6 is 0 Å². The van der Waals surface area contributed by atoms with Crippen LogP contribution in [0, 0.1) is 6.92 Å². The molecule has 4 nitrogen and oxygen atoms in total. The van der Waals surface area contributed by atoms with Crippen LogP contribution in [0.2, 0.25) is 0 Å². The van der Waals surface area contributed by atoms with E-state index in [9.17, 15) is 4.79 Å². The quantitative estimate of drug-likeness (QED) is 0.722. The molecule has 1 aromatic carbocycles. The lowest BCUT2D eigenvalue weighted by Gasteiger charge is -2.07. The van der Waals surface area contributed by atoms with Gasteiger partial charge < -0.3 is 4.74 Å². The van der Waals surface area contributed by atoms with Gasteiger partial charge in [0.05, 0.1) is 7.11 Å². The number of aromatic nitrogens is 2. The summed E-state index contributed by atoms with van der Waals surface area (Å²) in [4.78, 5) is 19.9. The first-order chi connectivity index (χ1) is 7.63. The number of Topliss-reactive ketones (excluding diaryl/α,β-unsaturated/α-hetero) is 1. The number of para-hydroxylation sites is 1. The van der Waals surface area contributed by atoms with E-state index < -0.39 is 0 Å². The average Bonchev–Trinajstić information content (AvgIpc) is 2.27. The summed E-state index contributed by atoms with van der Waals surface area (Å²) in [6, 6.07) is 5.47. The van der Waals surface area contributed by atoms with E-state index in [-0.39, 0.29) is 5.78 Å². The molecule has 0 bridgehead atoms. The van der Waals surface area contributed by atoms with Crippen molar-refractivity contribution in [3.63, 3.8) is 0 Å². The van der Waals surface area contributed by atoms with Crippen molar-refractivity contribution in [1.29, 1.82) is 0 Å². The van der Waals surface area contributed by atoms with E-state index in [4.69, 9.17) is 4.74 Å². The van der Waals surface area contributed by atoms with Gasteiger partial charge in [0.2, 0.25) is 0 Å². The fourth-order valence-electron chi connectivity index (χ4n) is 1.67. The summed E-state index contributed by atoms with van der Waals surface area (Å²) in [6.45, 7) is 3.26. The summed E-state index contributed by atoms with van der Waals surface area (Å²) in [5, 5.41) is 0.734. The van der Waals surface area contributed by atoms with Gasteiger partial charge in [-0.1, -0.05) is 12.1 Å². The van der Waals surface area contributed by atoms with E-state index >= 15 is 0 Å². The third kappa shape index (κ3) is 1.62. The molecule has 0 saturated heterocycles. The van der Waals surface area contributed by atoms with Gasteiger partial charge in [-0.05, 0) is 13.0 Å². The number of rotatable bonds is 2. The molecule has 0 N–H and O–H groups in total. The second kappa shape index (κ2) is 3.89. The summed E-state index contributed by atoms with van der Waals surface area (Å²) < 4.78 is 5.22. The maximum absolute atomic E-state index is 11.5. The van der Waals surface area contributed by atoms with Gasteiger partial charge in [0.1, 0.15) is 22.8 Å². The highest BCUT2D eigenvalue weighted by Gasteiger charge is 2.12. The molecule has 0 atom stereocenters. The van der Waals surface area contributed by atoms with E-state index in [0.29, 0.717) is 22.8 Å². The first kappa shape index (κ1) is 10.5. The lowest BCUT2D eigenvalue weighted by molar-refractivity contribution is 0.101. The molecule has 16 heavy (non-hydrogen) atoms. The zero-order chi connectivity index (χ0) is 11.7. The molecular formula is C12H12N2O2. The minimum absolute atomic E-state index is 0.0660. The Morgan fingerprint density at radius 2 is 2.06 bits per heavy atom. The van der Waals surface area contributed by atoms with Gasteiger partial charge in [-0.25, -0.2) is 9.97 Å². The number of carbonyl (C=O) groups excluding carboxylic acids is 1. The average molecular weight is 216 g/mol. The van der Waals surface area contributed by atoms with E-state index in [0.717, 1.165) is 5.39 Å². The molecule has 0 radical (unpaired) electrons.